The quantitative estimate of drug-likeness (QED) is 0.797. The molecule has 21 heavy (non-hydrogen) atoms. The van der Waals surface area contributed by atoms with Gasteiger partial charge in [0, 0.05) is 19.7 Å². The van der Waals surface area contributed by atoms with Crippen LogP contribution in [-0.4, -0.2) is 36.4 Å². The molecular weight excluding hydrogens is 266 g/mol. The number of aromatic amines is 1. The molecule has 2 aromatic rings. The predicted molar refractivity (Wildman–Crippen MR) is 83.2 cm³/mol. The second kappa shape index (κ2) is 7.59. The van der Waals surface area contributed by atoms with Crippen molar-refractivity contribution in [2.75, 3.05) is 25.2 Å². The lowest BCUT2D eigenvalue weighted by Crippen LogP contribution is -2.30. The molecule has 5 heteroatoms. The number of likely N-dealkylation sites (N-methyl/N-ethyl adjacent to an activating group) is 1. The Balaban J connectivity index is 1.95. The molecule has 0 saturated heterocycles. The molecular formula is C16H21N3O2. The van der Waals surface area contributed by atoms with Gasteiger partial charge >= 0.3 is 0 Å². The van der Waals surface area contributed by atoms with Crippen LogP contribution in [0.1, 0.15) is 19.8 Å². The van der Waals surface area contributed by atoms with Gasteiger partial charge in [-0.15, -0.1) is 0 Å². The highest BCUT2D eigenvalue weighted by atomic mass is 16.5. The van der Waals surface area contributed by atoms with E-state index in [9.17, 15) is 4.79 Å². The van der Waals surface area contributed by atoms with Gasteiger partial charge in [-0.05, 0) is 12.0 Å². The molecule has 0 fully saturated rings. The van der Waals surface area contributed by atoms with E-state index in [1.165, 1.54) is 4.90 Å². The van der Waals surface area contributed by atoms with E-state index in [2.05, 4.69) is 17.1 Å². The first kappa shape index (κ1) is 15.3. The summed E-state index contributed by atoms with van der Waals surface area (Å²) in [7, 11) is 1.70. The molecule has 0 radical (unpaired) electrons. The van der Waals surface area contributed by atoms with Gasteiger partial charge in [-0.3, -0.25) is 14.8 Å². The van der Waals surface area contributed by atoms with Gasteiger partial charge in [0.1, 0.15) is 6.61 Å². The minimum Gasteiger partial charge on any atom is -0.372 e. The van der Waals surface area contributed by atoms with Crippen LogP contribution in [-0.2, 0) is 9.53 Å². The number of aromatic nitrogens is 2. The van der Waals surface area contributed by atoms with Crippen molar-refractivity contribution in [3.8, 4) is 11.3 Å². The van der Waals surface area contributed by atoms with Crippen molar-refractivity contribution in [3.63, 3.8) is 0 Å². The Morgan fingerprint density at radius 3 is 2.81 bits per heavy atom. The number of H-pyrrole nitrogens is 1. The lowest BCUT2D eigenvalue weighted by atomic mass is 10.1. The number of hydrogen-bond donors (Lipinski definition) is 1. The normalized spacial score (nSPS) is 10.6. The number of carbonyl (C=O) groups is 1. The molecule has 0 aliphatic carbocycles. The van der Waals surface area contributed by atoms with Crippen LogP contribution in [0.5, 0.6) is 0 Å². The first-order chi connectivity index (χ1) is 10.2. The van der Waals surface area contributed by atoms with Crippen molar-refractivity contribution < 1.29 is 9.53 Å². The van der Waals surface area contributed by atoms with Crippen LogP contribution >= 0.6 is 0 Å². The fourth-order valence-electron chi connectivity index (χ4n) is 1.88. The number of carbonyl (C=O) groups excluding carboxylic acids is 1. The second-order valence-corrected chi connectivity index (χ2v) is 4.86. The third-order valence-electron chi connectivity index (χ3n) is 3.23. The summed E-state index contributed by atoms with van der Waals surface area (Å²) < 4.78 is 5.34. The Morgan fingerprint density at radius 2 is 2.10 bits per heavy atom. The van der Waals surface area contributed by atoms with E-state index in [-0.39, 0.29) is 12.5 Å². The van der Waals surface area contributed by atoms with Gasteiger partial charge in [0.2, 0.25) is 0 Å². The summed E-state index contributed by atoms with van der Waals surface area (Å²) in [6.07, 6.45) is 2.03. The highest BCUT2D eigenvalue weighted by Gasteiger charge is 2.14. The summed E-state index contributed by atoms with van der Waals surface area (Å²) >= 11 is 0. The molecule has 1 heterocycles. The van der Waals surface area contributed by atoms with E-state index in [1.807, 2.05) is 36.4 Å². The van der Waals surface area contributed by atoms with Crippen molar-refractivity contribution in [2.45, 2.75) is 19.8 Å². The number of amides is 1. The largest absolute Gasteiger partial charge is 0.372 e. The molecule has 1 aromatic heterocycles. The van der Waals surface area contributed by atoms with Gasteiger partial charge in [-0.25, -0.2) is 0 Å². The molecule has 2 rings (SSSR count). The van der Waals surface area contributed by atoms with Crippen molar-refractivity contribution in [3.05, 3.63) is 36.4 Å². The molecule has 0 spiro atoms. The van der Waals surface area contributed by atoms with Gasteiger partial charge in [0.05, 0.1) is 5.69 Å². The van der Waals surface area contributed by atoms with Crippen LogP contribution in [0.2, 0.25) is 0 Å². The minimum atomic E-state index is -0.0998. The highest BCUT2D eigenvalue weighted by Crippen LogP contribution is 2.20. The average Bonchev–Trinajstić information content (AvgIpc) is 3.01. The van der Waals surface area contributed by atoms with E-state index >= 15 is 0 Å². The fraction of sp³-hybridized carbons (Fsp3) is 0.375. The molecule has 5 nitrogen and oxygen atoms in total. The third-order valence-corrected chi connectivity index (χ3v) is 3.23. The zero-order valence-electron chi connectivity index (χ0n) is 12.5. The van der Waals surface area contributed by atoms with Crippen LogP contribution in [0, 0.1) is 0 Å². The fourth-order valence-corrected chi connectivity index (χ4v) is 1.88. The maximum atomic E-state index is 12.0. The first-order valence-corrected chi connectivity index (χ1v) is 7.17. The van der Waals surface area contributed by atoms with E-state index in [0.29, 0.717) is 12.4 Å². The maximum absolute atomic E-state index is 12.0. The van der Waals surface area contributed by atoms with E-state index in [4.69, 9.17) is 4.74 Å². The molecule has 0 unspecified atom stereocenters. The summed E-state index contributed by atoms with van der Waals surface area (Å²) in [4.78, 5) is 13.5. The standard InChI is InChI=1S/C16H21N3O2/c1-3-4-10-21-12-16(20)19(2)15-11-14(17-18-15)13-8-6-5-7-9-13/h5-9,11H,3-4,10,12H2,1-2H3,(H,17,18). The van der Waals surface area contributed by atoms with Gasteiger partial charge in [-0.2, -0.15) is 5.10 Å². The number of anilines is 1. The molecule has 0 saturated carbocycles. The number of ether oxygens (including phenoxy) is 1. The smallest absolute Gasteiger partial charge is 0.253 e. The zero-order chi connectivity index (χ0) is 15.1. The summed E-state index contributed by atoms with van der Waals surface area (Å²) in [5.74, 6) is 0.496. The summed E-state index contributed by atoms with van der Waals surface area (Å²) in [6.45, 7) is 2.79. The van der Waals surface area contributed by atoms with Crippen molar-refractivity contribution >= 4 is 11.7 Å². The number of hydrogen-bond acceptors (Lipinski definition) is 3. The third kappa shape index (κ3) is 4.16. The van der Waals surface area contributed by atoms with Crippen LogP contribution < -0.4 is 4.90 Å². The van der Waals surface area contributed by atoms with Crippen molar-refractivity contribution in [2.24, 2.45) is 0 Å². The molecule has 0 atom stereocenters. The number of unbranched alkanes of at least 4 members (excludes halogenated alkanes) is 1. The molecule has 112 valence electrons. The highest BCUT2D eigenvalue weighted by molar-refractivity contribution is 5.93. The topological polar surface area (TPSA) is 58.2 Å². The number of nitrogens with zero attached hydrogens (tertiary/aromatic N) is 2. The lowest BCUT2D eigenvalue weighted by Gasteiger charge is -2.13. The number of rotatable bonds is 7. The van der Waals surface area contributed by atoms with E-state index in [0.717, 1.165) is 24.1 Å². The predicted octanol–water partition coefficient (Wildman–Crippen LogP) is 2.86. The first-order valence-electron chi connectivity index (χ1n) is 7.17. The molecule has 1 N–H and O–H groups in total. The molecule has 0 aliphatic heterocycles. The van der Waals surface area contributed by atoms with Crippen molar-refractivity contribution in [1.82, 2.24) is 10.2 Å². The van der Waals surface area contributed by atoms with Crippen molar-refractivity contribution in [1.29, 1.82) is 0 Å². The van der Waals surface area contributed by atoms with Crippen LogP contribution in [0.3, 0.4) is 0 Å². The van der Waals surface area contributed by atoms with Gasteiger partial charge in [0.15, 0.2) is 5.82 Å². The van der Waals surface area contributed by atoms with Crippen LogP contribution in [0.4, 0.5) is 5.82 Å². The number of benzene rings is 1. The minimum absolute atomic E-state index is 0.0873. The van der Waals surface area contributed by atoms with Gasteiger partial charge in [-0.1, -0.05) is 43.7 Å². The molecule has 1 amide bonds. The van der Waals surface area contributed by atoms with Crippen LogP contribution in [0.15, 0.2) is 36.4 Å². The van der Waals surface area contributed by atoms with E-state index in [1.54, 1.807) is 7.05 Å². The molecule has 1 aromatic carbocycles. The monoisotopic (exact) mass is 287 g/mol. The van der Waals surface area contributed by atoms with Crippen LogP contribution in [0.25, 0.3) is 11.3 Å². The Morgan fingerprint density at radius 1 is 1.33 bits per heavy atom. The number of nitrogens with one attached hydrogen (secondary N) is 1. The van der Waals surface area contributed by atoms with E-state index < -0.39 is 0 Å². The summed E-state index contributed by atoms with van der Waals surface area (Å²) in [5.41, 5.74) is 1.92. The van der Waals surface area contributed by atoms with Gasteiger partial charge < -0.3 is 4.74 Å². The molecule has 0 bridgehead atoms. The molecule has 0 aliphatic rings. The zero-order valence-corrected chi connectivity index (χ0v) is 12.5. The summed E-state index contributed by atoms with van der Waals surface area (Å²) in [6, 6.07) is 11.7. The summed E-state index contributed by atoms with van der Waals surface area (Å²) in [5, 5.41) is 7.13. The lowest BCUT2D eigenvalue weighted by molar-refractivity contribution is -0.122. The SMILES string of the molecule is CCCCOCC(=O)N(C)c1cc(-c2ccccc2)[nH]n1. The Hall–Kier alpha value is -2.14. The Labute approximate surface area is 124 Å². The Bertz CT molecular complexity index is 566. The Kier molecular flexibility index (Phi) is 5.51. The van der Waals surface area contributed by atoms with Gasteiger partial charge in [0.25, 0.3) is 5.91 Å². The maximum Gasteiger partial charge on any atom is 0.253 e. The second-order valence-electron chi connectivity index (χ2n) is 4.86. The average molecular weight is 287 g/mol.